The summed E-state index contributed by atoms with van der Waals surface area (Å²) < 4.78 is 5.93. The molecule has 1 saturated heterocycles. The maximum Gasteiger partial charge on any atom is 0.255 e. The summed E-state index contributed by atoms with van der Waals surface area (Å²) in [7, 11) is 0. The van der Waals surface area contributed by atoms with Gasteiger partial charge in [-0.1, -0.05) is 6.07 Å². The van der Waals surface area contributed by atoms with Crippen LogP contribution in [0.4, 0.5) is 5.69 Å². The number of hydrogen-bond acceptors (Lipinski definition) is 4. The van der Waals surface area contributed by atoms with Crippen molar-refractivity contribution in [2.75, 3.05) is 32.0 Å². The van der Waals surface area contributed by atoms with Gasteiger partial charge < -0.3 is 20.5 Å². The maximum atomic E-state index is 12.3. The lowest BCUT2D eigenvalue weighted by Crippen LogP contribution is -2.47. The van der Waals surface area contributed by atoms with E-state index in [1.54, 1.807) is 23.1 Å². The number of aliphatic hydroxyl groups excluding tert-OH is 1. The van der Waals surface area contributed by atoms with Gasteiger partial charge in [0.15, 0.2) is 0 Å². The van der Waals surface area contributed by atoms with Gasteiger partial charge in [0, 0.05) is 18.8 Å². The number of carbonyl (C=O) groups is 1. The third-order valence-electron chi connectivity index (χ3n) is 2.89. The summed E-state index contributed by atoms with van der Waals surface area (Å²) in [6.07, 6.45) is -0.303. The van der Waals surface area contributed by atoms with E-state index in [9.17, 15) is 4.79 Å². The van der Waals surface area contributed by atoms with Crippen LogP contribution in [0.15, 0.2) is 22.7 Å². The first-order chi connectivity index (χ1) is 8.63. The summed E-state index contributed by atoms with van der Waals surface area (Å²) in [5.74, 6) is -0.101. The zero-order valence-corrected chi connectivity index (χ0v) is 11.4. The zero-order valence-electron chi connectivity index (χ0n) is 9.80. The van der Waals surface area contributed by atoms with Gasteiger partial charge in [0.2, 0.25) is 0 Å². The van der Waals surface area contributed by atoms with E-state index in [0.717, 1.165) is 0 Å². The van der Waals surface area contributed by atoms with Gasteiger partial charge in [0.1, 0.15) is 0 Å². The van der Waals surface area contributed by atoms with Crippen molar-refractivity contribution in [1.82, 2.24) is 4.90 Å². The SMILES string of the molecule is Nc1cccc(C(=O)N2CCOC(CO)C2)c1Br. The summed E-state index contributed by atoms with van der Waals surface area (Å²) >= 11 is 3.33. The molecule has 1 aromatic rings. The van der Waals surface area contributed by atoms with Crippen LogP contribution in [0.5, 0.6) is 0 Å². The molecule has 0 spiro atoms. The molecular formula is C12H15BrN2O3. The van der Waals surface area contributed by atoms with Gasteiger partial charge in [-0.25, -0.2) is 0 Å². The Morgan fingerprint density at radius 3 is 3.11 bits per heavy atom. The molecule has 1 aliphatic heterocycles. The van der Waals surface area contributed by atoms with Crippen molar-refractivity contribution in [3.63, 3.8) is 0 Å². The Morgan fingerprint density at radius 2 is 2.39 bits per heavy atom. The third-order valence-corrected chi connectivity index (χ3v) is 3.77. The first-order valence-corrected chi connectivity index (χ1v) is 6.48. The molecule has 5 nitrogen and oxygen atoms in total. The predicted molar refractivity (Wildman–Crippen MR) is 71.3 cm³/mol. The lowest BCUT2D eigenvalue weighted by atomic mass is 10.1. The molecule has 18 heavy (non-hydrogen) atoms. The minimum absolute atomic E-state index is 0.0815. The average Bonchev–Trinajstić information content (AvgIpc) is 2.41. The molecule has 1 aromatic carbocycles. The molecule has 1 fully saturated rings. The van der Waals surface area contributed by atoms with Crippen LogP contribution < -0.4 is 5.73 Å². The number of nitrogens with zero attached hydrogens (tertiary/aromatic N) is 1. The molecule has 3 N–H and O–H groups in total. The first-order valence-electron chi connectivity index (χ1n) is 5.69. The number of morpholine rings is 1. The molecule has 1 amide bonds. The van der Waals surface area contributed by atoms with E-state index in [4.69, 9.17) is 15.6 Å². The van der Waals surface area contributed by atoms with Gasteiger partial charge in [-0.2, -0.15) is 0 Å². The number of nitrogens with two attached hydrogens (primary N) is 1. The summed E-state index contributed by atoms with van der Waals surface area (Å²) in [5, 5.41) is 9.07. The standard InChI is InChI=1S/C12H15BrN2O3/c13-11-9(2-1-3-10(11)14)12(17)15-4-5-18-8(6-15)7-16/h1-3,8,16H,4-7,14H2. The van der Waals surface area contributed by atoms with Crippen molar-refractivity contribution in [2.45, 2.75) is 6.10 Å². The molecule has 1 unspecified atom stereocenters. The van der Waals surface area contributed by atoms with Crippen LogP contribution in [0, 0.1) is 0 Å². The van der Waals surface area contributed by atoms with Crippen molar-refractivity contribution < 1.29 is 14.6 Å². The number of aliphatic hydroxyl groups is 1. The largest absolute Gasteiger partial charge is 0.398 e. The predicted octanol–water partition coefficient (Wildman–Crippen LogP) is 0.865. The number of rotatable bonds is 2. The fourth-order valence-corrected chi connectivity index (χ4v) is 2.33. The lowest BCUT2D eigenvalue weighted by Gasteiger charge is -2.32. The molecule has 0 radical (unpaired) electrons. The fourth-order valence-electron chi connectivity index (χ4n) is 1.90. The van der Waals surface area contributed by atoms with Gasteiger partial charge in [-0.3, -0.25) is 4.79 Å². The van der Waals surface area contributed by atoms with E-state index in [1.165, 1.54) is 0 Å². The second-order valence-electron chi connectivity index (χ2n) is 4.14. The van der Waals surface area contributed by atoms with E-state index in [0.29, 0.717) is 35.4 Å². The van der Waals surface area contributed by atoms with Crippen LogP contribution in [0.3, 0.4) is 0 Å². The summed E-state index contributed by atoms with van der Waals surface area (Å²) in [4.78, 5) is 14.0. The highest BCUT2D eigenvalue weighted by atomic mass is 79.9. The zero-order chi connectivity index (χ0) is 13.1. The fraction of sp³-hybridized carbons (Fsp3) is 0.417. The first kappa shape index (κ1) is 13.3. The highest BCUT2D eigenvalue weighted by Crippen LogP contribution is 2.25. The molecule has 1 heterocycles. The lowest BCUT2D eigenvalue weighted by molar-refractivity contribution is -0.0447. The molecule has 0 aliphatic carbocycles. The van der Waals surface area contributed by atoms with Crippen molar-refractivity contribution in [2.24, 2.45) is 0 Å². The molecule has 6 heteroatoms. The molecule has 0 bridgehead atoms. The normalized spacial score (nSPS) is 19.9. The van der Waals surface area contributed by atoms with E-state index in [1.807, 2.05) is 0 Å². The Balaban J connectivity index is 2.18. The van der Waals surface area contributed by atoms with E-state index >= 15 is 0 Å². The number of hydrogen-bond donors (Lipinski definition) is 2. The van der Waals surface area contributed by atoms with Gasteiger partial charge in [-0.05, 0) is 28.1 Å². The number of anilines is 1. The molecule has 0 saturated carbocycles. The molecule has 2 rings (SSSR count). The van der Waals surface area contributed by atoms with E-state index < -0.39 is 0 Å². The summed E-state index contributed by atoms with van der Waals surface area (Å²) in [6, 6.07) is 5.21. The highest BCUT2D eigenvalue weighted by molar-refractivity contribution is 9.10. The molecule has 1 aliphatic rings. The number of nitrogen functional groups attached to an aromatic ring is 1. The smallest absolute Gasteiger partial charge is 0.255 e. The van der Waals surface area contributed by atoms with Crippen LogP contribution in [-0.4, -0.2) is 48.3 Å². The minimum Gasteiger partial charge on any atom is -0.398 e. The molecule has 98 valence electrons. The second-order valence-corrected chi connectivity index (χ2v) is 4.93. The van der Waals surface area contributed by atoms with Gasteiger partial charge in [0.25, 0.3) is 5.91 Å². The van der Waals surface area contributed by atoms with Crippen molar-refractivity contribution in [3.05, 3.63) is 28.2 Å². The van der Waals surface area contributed by atoms with E-state index in [-0.39, 0.29) is 18.6 Å². The number of carbonyl (C=O) groups excluding carboxylic acids is 1. The monoisotopic (exact) mass is 314 g/mol. The van der Waals surface area contributed by atoms with Crippen LogP contribution in [-0.2, 0) is 4.74 Å². The van der Waals surface area contributed by atoms with Gasteiger partial charge in [0.05, 0.1) is 29.4 Å². The van der Waals surface area contributed by atoms with Crippen LogP contribution >= 0.6 is 15.9 Å². The number of benzene rings is 1. The van der Waals surface area contributed by atoms with Crippen LogP contribution in [0.25, 0.3) is 0 Å². The van der Waals surface area contributed by atoms with Gasteiger partial charge in [-0.15, -0.1) is 0 Å². The number of amides is 1. The van der Waals surface area contributed by atoms with Crippen LogP contribution in [0.2, 0.25) is 0 Å². The Kier molecular flexibility index (Phi) is 4.21. The Hall–Kier alpha value is -1.11. The van der Waals surface area contributed by atoms with Crippen molar-refractivity contribution >= 4 is 27.5 Å². The van der Waals surface area contributed by atoms with E-state index in [2.05, 4.69) is 15.9 Å². The summed E-state index contributed by atoms with van der Waals surface area (Å²) in [5.41, 5.74) is 6.83. The average molecular weight is 315 g/mol. The highest BCUT2D eigenvalue weighted by Gasteiger charge is 2.25. The third kappa shape index (κ3) is 2.66. The number of halogens is 1. The molecular weight excluding hydrogens is 300 g/mol. The topological polar surface area (TPSA) is 75.8 Å². The molecule has 0 aromatic heterocycles. The van der Waals surface area contributed by atoms with Crippen molar-refractivity contribution in [3.8, 4) is 0 Å². The Labute approximate surface area is 114 Å². The second kappa shape index (κ2) is 5.69. The van der Waals surface area contributed by atoms with Crippen LogP contribution in [0.1, 0.15) is 10.4 Å². The van der Waals surface area contributed by atoms with Crippen molar-refractivity contribution in [1.29, 1.82) is 0 Å². The Bertz CT molecular complexity index is 453. The Morgan fingerprint density at radius 1 is 1.61 bits per heavy atom. The maximum absolute atomic E-state index is 12.3. The van der Waals surface area contributed by atoms with Gasteiger partial charge >= 0.3 is 0 Å². The quantitative estimate of drug-likeness (QED) is 0.794. The molecule has 1 atom stereocenters. The minimum atomic E-state index is -0.303. The number of ether oxygens (including phenoxy) is 1. The summed E-state index contributed by atoms with van der Waals surface area (Å²) in [6.45, 7) is 1.28.